The SMILES string of the molecule is CCNc1ccccc1S(=O)(=O)NC1CCCCC1(C)C. The summed E-state index contributed by atoms with van der Waals surface area (Å²) in [6.07, 6.45) is 4.25. The third kappa shape index (κ3) is 3.77. The van der Waals surface area contributed by atoms with Gasteiger partial charge in [0.15, 0.2) is 0 Å². The summed E-state index contributed by atoms with van der Waals surface area (Å²) in [5.41, 5.74) is 0.680. The Morgan fingerprint density at radius 3 is 2.62 bits per heavy atom. The quantitative estimate of drug-likeness (QED) is 0.876. The van der Waals surface area contributed by atoms with Crippen molar-refractivity contribution in [1.82, 2.24) is 4.72 Å². The van der Waals surface area contributed by atoms with Crippen LogP contribution in [0.4, 0.5) is 5.69 Å². The van der Waals surface area contributed by atoms with Crippen molar-refractivity contribution in [3.05, 3.63) is 24.3 Å². The van der Waals surface area contributed by atoms with Gasteiger partial charge in [-0.2, -0.15) is 0 Å². The average molecular weight is 310 g/mol. The van der Waals surface area contributed by atoms with Gasteiger partial charge in [-0.3, -0.25) is 0 Å². The summed E-state index contributed by atoms with van der Waals surface area (Å²) >= 11 is 0. The summed E-state index contributed by atoms with van der Waals surface area (Å²) in [6.45, 7) is 6.95. The highest BCUT2D eigenvalue weighted by Gasteiger charge is 2.35. The molecule has 0 aromatic heterocycles. The van der Waals surface area contributed by atoms with Gasteiger partial charge in [-0.1, -0.05) is 38.8 Å². The molecule has 0 heterocycles. The van der Waals surface area contributed by atoms with Crippen LogP contribution in [0.1, 0.15) is 46.5 Å². The number of para-hydroxylation sites is 1. The molecule has 1 aliphatic rings. The molecule has 1 aromatic rings. The standard InChI is InChI=1S/C16H26N2O2S/c1-4-17-13-9-5-6-10-14(13)21(19,20)18-15-11-7-8-12-16(15,2)3/h5-6,9-10,15,17-18H,4,7-8,11-12H2,1-3H3. The summed E-state index contributed by atoms with van der Waals surface area (Å²) in [7, 11) is -3.50. The number of rotatable bonds is 5. The summed E-state index contributed by atoms with van der Waals surface area (Å²) in [6, 6.07) is 7.09. The molecule has 0 radical (unpaired) electrons. The van der Waals surface area contributed by atoms with Gasteiger partial charge in [0, 0.05) is 12.6 Å². The lowest BCUT2D eigenvalue weighted by Gasteiger charge is -2.38. The van der Waals surface area contributed by atoms with Gasteiger partial charge in [-0.05, 0) is 37.3 Å². The Balaban J connectivity index is 2.26. The number of benzene rings is 1. The normalized spacial score (nSPS) is 22.0. The molecular formula is C16H26N2O2S. The molecule has 2 rings (SSSR count). The molecule has 1 fully saturated rings. The van der Waals surface area contributed by atoms with Crippen molar-refractivity contribution in [2.75, 3.05) is 11.9 Å². The highest BCUT2D eigenvalue weighted by atomic mass is 32.2. The molecule has 0 amide bonds. The molecule has 0 bridgehead atoms. The topological polar surface area (TPSA) is 58.2 Å². The molecule has 1 aromatic carbocycles. The molecule has 21 heavy (non-hydrogen) atoms. The van der Waals surface area contributed by atoms with Crippen molar-refractivity contribution in [2.24, 2.45) is 5.41 Å². The van der Waals surface area contributed by atoms with E-state index in [0.29, 0.717) is 17.1 Å². The Morgan fingerprint density at radius 1 is 1.24 bits per heavy atom. The van der Waals surface area contributed by atoms with Gasteiger partial charge in [0.1, 0.15) is 4.90 Å². The third-order valence-electron chi connectivity index (χ3n) is 4.35. The monoisotopic (exact) mass is 310 g/mol. The first-order valence-corrected chi connectivity index (χ1v) is 9.20. The van der Waals surface area contributed by atoms with Crippen LogP contribution in [0.2, 0.25) is 0 Å². The van der Waals surface area contributed by atoms with Crippen LogP contribution in [0.5, 0.6) is 0 Å². The molecule has 0 aliphatic heterocycles. The predicted octanol–water partition coefficient (Wildman–Crippen LogP) is 3.37. The van der Waals surface area contributed by atoms with Crippen molar-refractivity contribution in [3.63, 3.8) is 0 Å². The molecular weight excluding hydrogens is 284 g/mol. The van der Waals surface area contributed by atoms with E-state index >= 15 is 0 Å². The second kappa shape index (κ2) is 6.36. The largest absolute Gasteiger partial charge is 0.384 e. The predicted molar refractivity (Wildman–Crippen MR) is 87.0 cm³/mol. The van der Waals surface area contributed by atoms with E-state index < -0.39 is 10.0 Å². The zero-order valence-corrected chi connectivity index (χ0v) is 14.0. The average Bonchev–Trinajstić information content (AvgIpc) is 2.42. The van der Waals surface area contributed by atoms with E-state index in [1.165, 1.54) is 6.42 Å². The first kappa shape index (κ1) is 16.3. The van der Waals surface area contributed by atoms with Gasteiger partial charge in [0.25, 0.3) is 0 Å². The second-order valence-corrected chi connectivity index (χ2v) is 8.12. The molecule has 1 saturated carbocycles. The number of anilines is 1. The van der Waals surface area contributed by atoms with Gasteiger partial charge < -0.3 is 5.32 Å². The summed E-state index contributed by atoms with van der Waals surface area (Å²) in [4.78, 5) is 0.341. The minimum atomic E-state index is -3.50. The van der Waals surface area contributed by atoms with E-state index in [2.05, 4.69) is 23.9 Å². The minimum Gasteiger partial charge on any atom is -0.384 e. The highest BCUT2D eigenvalue weighted by Crippen LogP contribution is 2.36. The molecule has 5 heteroatoms. The fourth-order valence-electron chi connectivity index (χ4n) is 3.00. The van der Waals surface area contributed by atoms with Crippen LogP contribution in [0, 0.1) is 5.41 Å². The van der Waals surface area contributed by atoms with Crippen LogP contribution in [-0.4, -0.2) is 21.0 Å². The fraction of sp³-hybridized carbons (Fsp3) is 0.625. The Labute approximate surface area is 128 Å². The smallest absolute Gasteiger partial charge is 0.242 e. The van der Waals surface area contributed by atoms with Gasteiger partial charge in [-0.15, -0.1) is 0 Å². The van der Waals surface area contributed by atoms with Crippen LogP contribution >= 0.6 is 0 Å². The Bertz CT molecular complexity index is 582. The lowest BCUT2D eigenvalue weighted by molar-refractivity contribution is 0.188. The van der Waals surface area contributed by atoms with Crippen molar-refractivity contribution in [3.8, 4) is 0 Å². The van der Waals surface area contributed by atoms with Crippen molar-refractivity contribution >= 4 is 15.7 Å². The molecule has 118 valence electrons. The van der Waals surface area contributed by atoms with Crippen LogP contribution in [-0.2, 0) is 10.0 Å². The number of hydrogen-bond donors (Lipinski definition) is 2. The summed E-state index contributed by atoms with van der Waals surface area (Å²) in [5, 5.41) is 3.12. The molecule has 0 spiro atoms. The van der Waals surface area contributed by atoms with Crippen molar-refractivity contribution in [2.45, 2.75) is 57.4 Å². The molecule has 4 nitrogen and oxygen atoms in total. The maximum atomic E-state index is 12.7. The van der Waals surface area contributed by atoms with Crippen LogP contribution in [0.3, 0.4) is 0 Å². The Hall–Kier alpha value is -1.07. The second-order valence-electron chi connectivity index (χ2n) is 6.43. The molecule has 2 N–H and O–H groups in total. The van der Waals surface area contributed by atoms with E-state index in [-0.39, 0.29) is 11.5 Å². The lowest BCUT2D eigenvalue weighted by atomic mass is 9.74. The van der Waals surface area contributed by atoms with E-state index in [1.807, 2.05) is 19.1 Å². The van der Waals surface area contributed by atoms with E-state index in [1.54, 1.807) is 12.1 Å². The lowest BCUT2D eigenvalue weighted by Crippen LogP contribution is -2.46. The zero-order chi connectivity index (χ0) is 15.5. The molecule has 1 unspecified atom stereocenters. The summed E-state index contributed by atoms with van der Waals surface area (Å²) in [5.74, 6) is 0. The summed E-state index contributed by atoms with van der Waals surface area (Å²) < 4.78 is 28.4. The maximum absolute atomic E-state index is 12.7. The van der Waals surface area contributed by atoms with E-state index in [4.69, 9.17) is 0 Å². The number of hydrogen-bond acceptors (Lipinski definition) is 3. The Morgan fingerprint density at radius 2 is 1.95 bits per heavy atom. The highest BCUT2D eigenvalue weighted by molar-refractivity contribution is 7.89. The Kier molecular flexibility index (Phi) is 4.94. The van der Waals surface area contributed by atoms with E-state index in [0.717, 1.165) is 19.3 Å². The minimum absolute atomic E-state index is 0.00549. The van der Waals surface area contributed by atoms with Gasteiger partial charge in [-0.25, -0.2) is 13.1 Å². The van der Waals surface area contributed by atoms with Crippen LogP contribution < -0.4 is 10.0 Å². The van der Waals surface area contributed by atoms with Crippen LogP contribution in [0.15, 0.2) is 29.2 Å². The van der Waals surface area contributed by atoms with Gasteiger partial charge >= 0.3 is 0 Å². The van der Waals surface area contributed by atoms with Crippen molar-refractivity contribution < 1.29 is 8.42 Å². The zero-order valence-electron chi connectivity index (χ0n) is 13.1. The van der Waals surface area contributed by atoms with Gasteiger partial charge in [0.2, 0.25) is 10.0 Å². The van der Waals surface area contributed by atoms with Gasteiger partial charge in [0.05, 0.1) is 5.69 Å². The van der Waals surface area contributed by atoms with E-state index in [9.17, 15) is 8.42 Å². The number of nitrogens with one attached hydrogen (secondary N) is 2. The van der Waals surface area contributed by atoms with Crippen LogP contribution in [0.25, 0.3) is 0 Å². The molecule has 1 aliphatic carbocycles. The maximum Gasteiger partial charge on any atom is 0.242 e. The third-order valence-corrected chi connectivity index (χ3v) is 5.88. The number of sulfonamides is 1. The fourth-order valence-corrected chi connectivity index (χ4v) is 4.63. The molecule has 1 atom stereocenters. The first-order chi connectivity index (χ1) is 9.87. The van der Waals surface area contributed by atoms with Crippen molar-refractivity contribution in [1.29, 1.82) is 0 Å². The first-order valence-electron chi connectivity index (χ1n) is 7.72. The molecule has 0 saturated heterocycles.